The summed E-state index contributed by atoms with van der Waals surface area (Å²) in [6, 6.07) is 0. The van der Waals surface area contributed by atoms with Crippen LogP contribution in [-0.4, -0.2) is 5.78 Å². The first-order valence-corrected chi connectivity index (χ1v) is 7.75. The molecule has 96 valence electrons. The number of hydrogen-bond acceptors (Lipinski definition) is 1. The molecule has 0 unspecified atom stereocenters. The van der Waals surface area contributed by atoms with Gasteiger partial charge in [0.25, 0.3) is 0 Å². The minimum Gasteiger partial charge on any atom is -0.295 e. The molecule has 2 saturated carbocycles. The Kier molecular flexibility index (Phi) is 2.50. The van der Waals surface area contributed by atoms with Crippen LogP contribution in [0, 0.1) is 29.6 Å². The average Bonchev–Trinajstić information content (AvgIpc) is 2.86. The fraction of sp³-hybridized carbons (Fsp3) is 0.706. The van der Waals surface area contributed by atoms with Crippen LogP contribution in [-0.2, 0) is 4.79 Å². The number of allylic oxidation sites excluding steroid dienone is 4. The molecule has 0 N–H and O–H groups in total. The van der Waals surface area contributed by atoms with Crippen LogP contribution in [0.25, 0.3) is 0 Å². The second-order valence-corrected chi connectivity index (χ2v) is 6.79. The van der Waals surface area contributed by atoms with E-state index in [0.29, 0.717) is 11.7 Å². The van der Waals surface area contributed by atoms with Crippen molar-refractivity contribution in [3.05, 3.63) is 23.8 Å². The van der Waals surface area contributed by atoms with Crippen LogP contribution in [0.15, 0.2) is 23.8 Å². The van der Waals surface area contributed by atoms with Gasteiger partial charge in [-0.1, -0.05) is 25.0 Å². The lowest BCUT2D eigenvalue weighted by atomic mass is 9.58. The van der Waals surface area contributed by atoms with E-state index >= 15 is 0 Å². The summed E-state index contributed by atoms with van der Waals surface area (Å²) >= 11 is 0. The topological polar surface area (TPSA) is 17.1 Å². The van der Waals surface area contributed by atoms with Crippen molar-refractivity contribution in [2.75, 3.05) is 0 Å². The van der Waals surface area contributed by atoms with Gasteiger partial charge in [-0.05, 0) is 66.9 Å². The van der Waals surface area contributed by atoms with E-state index in [1.54, 1.807) is 0 Å². The lowest BCUT2D eigenvalue weighted by molar-refractivity contribution is -0.115. The highest BCUT2D eigenvalue weighted by Crippen LogP contribution is 2.54. The van der Waals surface area contributed by atoms with Crippen LogP contribution in [0.4, 0.5) is 0 Å². The van der Waals surface area contributed by atoms with Gasteiger partial charge < -0.3 is 0 Å². The molecule has 1 heteroatoms. The van der Waals surface area contributed by atoms with Gasteiger partial charge in [-0.25, -0.2) is 0 Å². The summed E-state index contributed by atoms with van der Waals surface area (Å²) in [5, 5.41) is 0. The van der Waals surface area contributed by atoms with Crippen molar-refractivity contribution in [1.82, 2.24) is 0 Å². The van der Waals surface area contributed by atoms with Crippen molar-refractivity contribution in [3.63, 3.8) is 0 Å². The molecule has 0 aromatic rings. The Bertz CT molecular complexity index is 431. The summed E-state index contributed by atoms with van der Waals surface area (Å²) in [6.45, 7) is 0. The highest BCUT2D eigenvalue weighted by Gasteiger charge is 2.45. The van der Waals surface area contributed by atoms with E-state index in [9.17, 15) is 4.79 Å². The van der Waals surface area contributed by atoms with Gasteiger partial charge in [-0.3, -0.25) is 4.79 Å². The number of ketones is 1. The fourth-order valence-electron chi connectivity index (χ4n) is 5.29. The van der Waals surface area contributed by atoms with Gasteiger partial charge in [0.15, 0.2) is 5.78 Å². The minimum atomic E-state index is 0.346. The zero-order valence-electron chi connectivity index (χ0n) is 11.0. The van der Waals surface area contributed by atoms with Crippen LogP contribution in [0.2, 0.25) is 0 Å². The van der Waals surface area contributed by atoms with Crippen molar-refractivity contribution >= 4 is 5.78 Å². The average molecular weight is 242 g/mol. The molecule has 0 radical (unpaired) electrons. The Labute approximate surface area is 109 Å². The van der Waals surface area contributed by atoms with E-state index in [0.717, 1.165) is 36.5 Å². The third-order valence-corrected chi connectivity index (χ3v) is 6.06. The monoisotopic (exact) mass is 242 g/mol. The zero-order chi connectivity index (χ0) is 12.1. The first-order valence-electron chi connectivity index (χ1n) is 7.75. The second-order valence-electron chi connectivity index (χ2n) is 6.79. The molecular formula is C17H22O. The molecule has 4 aliphatic carbocycles. The Morgan fingerprint density at radius 2 is 1.94 bits per heavy atom. The Hall–Kier alpha value is -0.850. The fourth-order valence-corrected chi connectivity index (χ4v) is 5.29. The van der Waals surface area contributed by atoms with Crippen molar-refractivity contribution in [1.29, 1.82) is 0 Å². The largest absolute Gasteiger partial charge is 0.295 e. The van der Waals surface area contributed by atoms with Crippen LogP contribution in [0.3, 0.4) is 0 Å². The van der Waals surface area contributed by atoms with Crippen molar-refractivity contribution in [2.45, 2.75) is 44.9 Å². The number of fused-ring (bicyclic) bond motifs is 5. The minimum absolute atomic E-state index is 0.346. The molecule has 5 atom stereocenters. The van der Waals surface area contributed by atoms with E-state index in [4.69, 9.17) is 0 Å². The predicted molar refractivity (Wildman–Crippen MR) is 72.0 cm³/mol. The normalized spacial score (nSPS) is 46.1. The maximum atomic E-state index is 11.6. The molecule has 0 aromatic heterocycles. The highest BCUT2D eigenvalue weighted by atomic mass is 16.1. The number of hydrogen-bond donors (Lipinski definition) is 0. The molecule has 0 aliphatic heterocycles. The summed E-state index contributed by atoms with van der Waals surface area (Å²) in [6.07, 6.45) is 15.9. The third kappa shape index (κ3) is 1.56. The van der Waals surface area contributed by atoms with E-state index in [1.807, 2.05) is 6.08 Å². The predicted octanol–water partition coefficient (Wildman–Crippen LogP) is 3.90. The zero-order valence-corrected chi connectivity index (χ0v) is 11.0. The number of carbonyl (C=O) groups excluding carboxylic acids is 1. The molecule has 0 aromatic carbocycles. The maximum absolute atomic E-state index is 11.6. The highest BCUT2D eigenvalue weighted by molar-refractivity contribution is 5.91. The summed E-state index contributed by atoms with van der Waals surface area (Å²) in [5.41, 5.74) is 1.35. The molecule has 0 saturated heterocycles. The van der Waals surface area contributed by atoms with Gasteiger partial charge >= 0.3 is 0 Å². The first kappa shape index (κ1) is 11.0. The Morgan fingerprint density at radius 3 is 2.89 bits per heavy atom. The lowest BCUT2D eigenvalue weighted by Crippen LogP contribution is -2.38. The van der Waals surface area contributed by atoms with Gasteiger partial charge in [-0.15, -0.1) is 0 Å². The maximum Gasteiger partial charge on any atom is 0.155 e. The second kappa shape index (κ2) is 4.08. The summed E-state index contributed by atoms with van der Waals surface area (Å²) in [5.74, 6) is 4.74. The molecule has 18 heavy (non-hydrogen) atoms. The molecule has 0 amide bonds. The quantitative estimate of drug-likeness (QED) is 0.629. The first-order chi connectivity index (χ1) is 8.83. The van der Waals surface area contributed by atoms with Gasteiger partial charge in [0.2, 0.25) is 0 Å². The molecular weight excluding hydrogens is 220 g/mol. The number of rotatable bonds is 0. The standard InChI is InChI=1S/C17H22O/c18-13-6-9-15-12(10-13)5-8-16-14-3-1-2-11(14)4-7-17(15)16/h5,8,10-11,14-17H,1-4,6-7,9H2/t11-,14+,15-,16-,17+/m0/s1. The molecule has 0 bridgehead atoms. The van der Waals surface area contributed by atoms with Gasteiger partial charge in [0, 0.05) is 6.42 Å². The van der Waals surface area contributed by atoms with Crippen molar-refractivity contribution < 1.29 is 4.79 Å². The van der Waals surface area contributed by atoms with Crippen molar-refractivity contribution in [3.8, 4) is 0 Å². The Morgan fingerprint density at radius 1 is 1.00 bits per heavy atom. The van der Waals surface area contributed by atoms with E-state index in [2.05, 4.69) is 12.2 Å². The van der Waals surface area contributed by atoms with E-state index in [1.165, 1.54) is 37.7 Å². The third-order valence-electron chi connectivity index (χ3n) is 6.06. The van der Waals surface area contributed by atoms with Crippen LogP contribution < -0.4 is 0 Å². The lowest BCUT2D eigenvalue weighted by Gasteiger charge is -2.46. The Balaban J connectivity index is 1.68. The molecule has 2 fully saturated rings. The molecule has 0 heterocycles. The van der Waals surface area contributed by atoms with Crippen molar-refractivity contribution in [2.24, 2.45) is 29.6 Å². The van der Waals surface area contributed by atoms with Gasteiger partial charge in [0.05, 0.1) is 0 Å². The summed E-state index contributed by atoms with van der Waals surface area (Å²) in [4.78, 5) is 11.6. The van der Waals surface area contributed by atoms with E-state index < -0.39 is 0 Å². The van der Waals surface area contributed by atoms with Crippen LogP contribution >= 0.6 is 0 Å². The molecule has 0 spiro atoms. The van der Waals surface area contributed by atoms with Crippen LogP contribution in [0.5, 0.6) is 0 Å². The number of carbonyl (C=O) groups is 1. The van der Waals surface area contributed by atoms with E-state index in [-0.39, 0.29) is 0 Å². The summed E-state index contributed by atoms with van der Waals surface area (Å²) in [7, 11) is 0. The molecule has 1 nitrogen and oxygen atoms in total. The van der Waals surface area contributed by atoms with Gasteiger partial charge in [0.1, 0.15) is 0 Å². The molecule has 4 rings (SSSR count). The molecule has 4 aliphatic rings. The van der Waals surface area contributed by atoms with Crippen LogP contribution in [0.1, 0.15) is 44.9 Å². The van der Waals surface area contributed by atoms with Gasteiger partial charge in [-0.2, -0.15) is 0 Å². The summed E-state index contributed by atoms with van der Waals surface area (Å²) < 4.78 is 0. The smallest absolute Gasteiger partial charge is 0.155 e. The SMILES string of the molecule is O=C1C=C2C=C[C@H]3[C@@H]4CCC[C@H]4CC[C@@H]3[C@H]2CC1.